The summed E-state index contributed by atoms with van der Waals surface area (Å²) in [6, 6.07) is 6.65. The minimum Gasteiger partial charge on any atom is -0.493 e. The first-order valence-corrected chi connectivity index (χ1v) is 9.73. The van der Waals surface area contributed by atoms with Crippen molar-refractivity contribution in [3.05, 3.63) is 46.7 Å². The normalized spacial score (nSPS) is 10.4. The van der Waals surface area contributed by atoms with Crippen LogP contribution in [0.2, 0.25) is 0 Å². The van der Waals surface area contributed by atoms with Crippen molar-refractivity contribution in [2.75, 3.05) is 21.3 Å². The van der Waals surface area contributed by atoms with Gasteiger partial charge in [-0.3, -0.25) is 20.4 Å². The fourth-order valence-electron chi connectivity index (χ4n) is 2.67. The maximum Gasteiger partial charge on any atom is 0.269 e. The van der Waals surface area contributed by atoms with Crippen molar-refractivity contribution in [1.29, 1.82) is 0 Å². The van der Waals surface area contributed by atoms with E-state index in [0.717, 1.165) is 5.76 Å². The average molecular weight is 431 g/mol. The van der Waals surface area contributed by atoms with Crippen molar-refractivity contribution in [3.63, 3.8) is 0 Å². The number of hydrazine groups is 1. The number of thiazole rings is 1. The zero-order chi connectivity index (χ0) is 21.7. The van der Waals surface area contributed by atoms with Gasteiger partial charge in [-0.25, -0.2) is 4.98 Å². The van der Waals surface area contributed by atoms with E-state index in [0.29, 0.717) is 33.7 Å². The first kappa shape index (κ1) is 21.2. The zero-order valence-corrected chi connectivity index (χ0v) is 17.7. The lowest BCUT2D eigenvalue weighted by molar-refractivity contribution is -0.121. The second-order valence-corrected chi connectivity index (χ2v) is 7.01. The number of rotatable bonds is 7. The Morgan fingerprint density at radius 3 is 2.33 bits per heavy atom. The lowest BCUT2D eigenvalue weighted by atomic mass is 10.1. The number of nitrogens with zero attached hydrogens (tertiary/aromatic N) is 1. The molecule has 3 aromatic rings. The van der Waals surface area contributed by atoms with Gasteiger partial charge in [0.05, 0.1) is 33.4 Å². The molecule has 0 radical (unpaired) electrons. The van der Waals surface area contributed by atoms with E-state index in [-0.39, 0.29) is 12.0 Å². The monoisotopic (exact) mass is 431 g/mol. The summed E-state index contributed by atoms with van der Waals surface area (Å²) in [7, 11) is 4.37. The molecule has 9 nitrogen and oxygen atoms in total. The number of hydrogen-bond acceptors (Lipinski definition) is 8. The van der Waals surface area contributed by atoms with Crippen LogP contribution in [0.1, 0.15) is 21.8 Å². The molecule has 0 unspecified atom stereocenters. The van der Waals surface area contributed by atoms with E-state index in [2.05, 4.69) is 15.8 Å². The Morgan fingerprint density at radius 1 is 1.07 bits per heavy atom. The molecule has 10 heteroatoms. The number of aryl methyl sites for hydroxylation is 1. The lowest BCUT2D eigenvalue weighted by Gasteiger charge is -2.14. The molecular formula is C20H21N3O6S. The van der Waals surface area contributed by atoms with Gasteiger partial charge in [-0.05, 0) is 31.2 Å². The molecule has 2 aromatic heterocycles. The van der Waals surface area contributed by atoms with Gasteiger partial charge in [0.25, 0.3) is 5.91 Å². The number of methoxy groups -OCH3 is 3. The molecular weight excluding hydrogens is 410 g/mol. The summed E-state index contributed by atoms with van der Waals surface area (Å²) in [5.74, 6) is 1.52. The van der Waals surface area contributed by atoms with Crippen molar-refractivity contribution in [2.45, 2.75) is 13.3 Å². The van der Waals surface area contributed by atoms with Crippen molar-refractivity contribution in [3.8, 4) is 28.0 Å². The van der Waals surface area contributed by atoms with E-state index in [4.69, 9.17) is 18.6 Å². The predicted octanol–water partition coefficient (Wildman–Crippen LogP) is 2.74. The number of benzene rings is 1. The summed E-state index contributed by atoms with van der Waals surface area (Å²) < 4.78 is 21.2. The maximum atomic E-state index is 12.4. The van der Waals surface area contributed by atoms with Crippen molar-refractivity contribution >= 4 is 23.2 Å². The van der Waals surface area contributed by atoms with Crippen molar-refractivity contribution < 1.29 is 28.2 Å². The number of aromatic nitrogens is 1. The lowest BCUT2D eigenvalue weighted by Crippen LogP contribution is -2.42. The Hall–Kier alpha value is -3.53. The van der Waals surface area contributed by atoms with Crippen LogP contribution in [0.5, 0.6) is 17.2 Å². The Balaban J connectivity index is 1.61. The highest BCUT2D eigenvalue weighted by Crippen LogP contribution is 2.38. The summed E-state index contributed by atoms with van der Waals surface area (Å²) >= 11 is 1.38. The minimum atomic E-state index is -0.535. The largest absolute Gasteiger partial charge is 0.493 e. The summed E-state index contributed by atoms with van der Waals surface area (Å²) in [5, 5.41) is 2.46. The summed E-state index contributed by atoms with van der Waals surface area (Å²) in [6.07, 6.45) is 0.00568. The third kappa shape index (κ3) is 4.71. The van der Waals surface area contributed by atoms with E-state index >= 15 is 0 Å². The molecule has 2 heterocycles. The fourth-order valence-corrected chi connectivity index (χ4v) is 3.45. The minimum absolute atomic E-state index is 0.00568. The van der Waals surface area contributed by atoms with Crippen LogP contribution in [-0.2, 0) is 11.2 Å². The number of carbonyl (C=O) groups excluding carboxylic acids is 2. The number of carbonyl (C=O) groups is 2. The molecule has 0 saturated heterocycles. The van der Waals surface area contributed by atoms with Gasteiger partial charge < -0.3 is 18.6 Å². The molecule has 0 aliphatic rings. The van der Waals surface area contributed by atoms with E-state index in [9.17, 15) is 9.59 Å². The third-order valence-electron chi connectivity index (χ3n) is 4.09. The summed E-state index contributed by atoms with van der Waals surface area (Å²) in [6.45, 7) is 1.85. The van der Waals surface area contributed by atoms with E-state index < -0.39 is 11.8 Å². The SMILES string of the molecule is COc1cc(C(=O)NNC(=O)Cc2csc(-c3ccc(C)o3)n2)cc(OC)c1OC. The van der Waals surface area contributed by atoms with Crippen LogP contribution in [-0.4, -0.2) is 38.1 Å². The van der Waals surface area contributed by atoms with Crippen molar-refractivity contribution in [2.24, 2.45) is 0 Å². The topological polar surface area (TPSA) is 112 Å². The first-order valence-electron chi connectivity index (χ1n) is 8.85. The number of furan rings is 1. The summed E-state index contributed by atoms with van der Waals surface area (Å²) in [4.78, 5) is 29.0. The second kappa shape index (κ2) is 9.31. The summed E-state index contributed by atoms with van der Waals surface area (Å²) in [5.41, 5.74) is 5.55. The van der Waals surface area contributed by atoms with Gasteiger partial charge in [0.2, 0.25) is 11.7 Å². The average Bonchev–Trinajstić information content (AvgIpc) is 3.39. The molecule has 0 aliphatic carbocycles. The van der Waals surface area contributed by atoms with Gasteiger partial charge in [-0.15, -0.1) is 11.3 Å². The smallest absolute Gasteiger partial charge is 0.269 e. The van der Waals surface area contributed by atoms with Crippen LogP contribution in [0.4, 0.5) is 0 Å². The van der Waals surface area contributed by atoms with Gasteiger partial charge in [0, 0.05) is 10.9 Å². The second-order valence-electron chi connectivity index (χ2n) is 6.15. The Labute approximate surface area is 176 Å². The van der Waals surface area contributed by atoms with Crippen LogP contribution >= 0.6 is 11.3 Å². The fraction of sp³-hybridized carbons (Fsp3) is 0.250. The van der Waals surface area contributed by atoms with Crippen LogP contribution in [0.15, 0.2) is 34.1 Å². The highest BCUT2D eigenvalue weighted by molar-refractivity contribution is 7.13. The molecule has 0 aliphatic heterocycles. The molecule has 2 N–H and O–H groups in total. The van der Waals surface area contributed by atoms with Gasteiger partial charge in [-0.2, -0.15) is 0 Å². The molecule has 2 amide bonds. The first-order chi connectivity index (χ1) is 14.4. The van der Waals surface area contributed by atoms with Crippen molar-refractivity contribution in [1.82, 2.24) is 15.8 Å². The van der Waals surface area contributed by atoms with Crippen LogP contribution in [0.3, 0.4) is 0 Å². The third-order valence-corrected chi connectivity index (χ3v) is 4.99. The van der Waals surface area contributed by atoms with Crippen LogP contribution in [0, 0.1) is 6.92 Å². The standard InChI is InChI=1S/C20H21N3O6S/c1-11-5-6-14(29-11)20-21-13(10-30-20)9-17(24)22-23-19(25)12-7-15(26-2)18(28-4)16(8-12)27-3/h5-8,10H,9H2,1-4H3,(H,22,24)(H,23,25). The molecule has 3 rings (SSSR count). The number of hydrogen-bond donors (Lipinski definition) is 2. The van der Waals surface area contributed by atoms with Gasteiger partial charge in [0.15, 0.2) is 22.3 Å². The predicted molar refractivity (Wildman–Crippen MR) is 110 cm³/mol. The number of nitrogens with one attached hydrogen (secondary N) is 2. The highest BCUT2D eigenvalue weighted by atomic mass is 32.1. The molecule has 0 atom stereocenters. The molecule has 0 bridgehead atoms. The zero-order valence-electron chi connectivity index (χ0n) is 16.9. The number of amides is 2. The molecule has 0 saturated carbocycles. The van der Waals surface area contributed by atoms with E-state index in [1.165, 1.54) is 44.8 Å². The number of ether oxygens (including phenoxy) is 3. The highest BCUT2D eigenvalue weighted by Gasteiger charge is 2.18. The van der Waals surface area contributed by atoms with E-state index in [1.807, 2.05) is 19.1 Å². The molecule has 158 valence electrons. The van der Waals surface area contributed by atoms with E-state index in [1.54, 1.807) is 5.38 Å². The Morgan fingerprint density at radius 2 is 1.77 bits per heavy atom. The van der Waals surface area contributed by atoms with Gasteiger partial charge >= 0.3 is 0 Å². The van der Waals surface area contributed by atoms with Gasteiger partial charge in [0.1, 0.15) is 5.76 Å². The van der Waals surface area contributed by atoms with Gasteiger partial charge in [-0.1, -0.05) is 0 Å². The van der Waals surface area contributed by atoms with Crippen LogP contribution < -0.4 is 25.1 Å². The maximum absolute atomic E-state index is 12.4. The quantitative estimate of drug-likeness (QED) is 0.553. The van der Waals surface area contributed by atoms with Crippen LogP contribution in [0.25, 0.3) is 10.8 Å². The molecule has 0 spiro atoms. The Kier molecular flexibility index (Phi) is 6.58. The molecule has 1 aromatic carbocycles. The Bertz CT molecular complexity index is 1030. The molecule has 30 heavy (non-hydrogen) atoms. The molecule has 0 fully saturated rings.